The zero-order chi connectivity index (χ0) is 27.1. The molecule has 4 aromatic rings. The summed E-state index contributed by atoms with van der Waals surface area (Å²) in [6.45, 7) is 5.23. The molecule has 38 heavy (non-hydrogen) atoms. The van der Waals surface area contributed by atoms with Crippen LogP contribution in [0.2, 0.25) is 0 Å². The molecule has 2 N–H and O–H groups in total. The third kappa shape index (κ3) is 4.39. The number of halogens is 1. The molecule has 0 fully saturated rings. The summed E-state index contributed by atoms with van der Waals surface area (Å²) in [6, 6.07) is 10.0. The number of benzene rings is 1. The fourth-order valence-corrected chi connectivity index (χ4v) is 5.39. The number of hydrogen-bond acceptors (Lipinski definition) is 5. The van der Waals surface area contributed by atoms with Crippen LogP contribution in [0.3, 0.4) is 0 Å². The Kier molecular flexibility index (Phi) is 6.62. The topological polar surface area (TPSA) is 92.4 Å². The van der Waals surface area contributed by atoms with Crippen molar-refractivity contribution in [3.63, 3.8) is 0 Å². The monoisotopic (exact) mass is 515 g/mol. The molecule has 0 saturated carbocycles. The molecular formula is C29H30FN5O3. The van der Waals surface area contributed by atoms with Crippen molar-refractivity contribution in [2.75, 3.05) is 25.5 Å². The molecule has 1 unspecified atom stereocenters. The zero-order valence-electron chi connectivity index (χ0n) is 21.8. The molecule has 1 aromatic carbocycles. The fourth-order valence-electron chi connectivity index (χ4n) is 5.39. The largest absolute Gasteiger partial charge is 0.478 e. The number of hydrogen-bond donors (Lipinski definition) is 2. The molecule has 3 aromatic heterocycles. The molecule has 1 aliphatic rings. The smallest absolute Gasteiger partial charge is 0.335 e. The van der Waals surface area contributed by atoms with Crippen LogP contribution in [0.25, 0.3) is 22.3 Å². The lowest BCUT2D eigenvalue weighted by Crippen LogP contribution is -2.32. The maximum absolute atomic E-state index is 14.8. The van der Waals surface area contributed by atoms with E-state index in [1.165, 1.54) is 6.07 Å². The normalized spacial score (nSPS) is 14.9. The Hall–Kier alpha value is -4.24. The van der Waals surface area contributed by atoms with Gasteiger partial charge >= 0.3 is 5.97 Å². The van der Waals surface area contributed by atoms with Gasteiger partial charge in [-0.1, -0.05) is 6.08 Å². The molecule has 0 bridgehead atoms. The van der Waals surface area contributed by atoms with E-state index in [0.717, 1.165) is 46.3 Å². The van der Waals surface area contributed by atoms with Gasteiger partial charge in [0.05, 0.1) is 11.3 Å². The molecule has 4 heterocycles. The van der Waals surface area contributed by atoms with Gasteiger partial charge < -0.3 is 15.0 Å². The minimum atomic E-state index is -1.14. The fraction of sp³-hybridized carbons (Fsp3) is 0.276. The highest BCUT2D eigenvalue weighted by atomic mass is 19.1. The number of aryl methyl sites for hydroxylation is 2. The predicted molar refractivity (Wildman–Crippen MR) is 147 cm³/mol. The third-order valence-corrected chi connectivity index (χ3v) is 7.48. The van der Waals surface area contributed by atoms with Crippen molar-refractivity contribution in [1.82, 2.24) is 19.0 Å². The minimum absolute atomic E-state index is 0.0422. The second-order valence-electron chi connectivity index (χ2n) is 9.67. The van der Waals surface area contributed by atoms with Gasteiger partial charge in [-0.25, -0.2) is 14.2 Å². The van der Waals surface area contributed by atoms with Crippen LogP contribution in [-0.4, -0.2) is 50.2 Å². The van der Waals surface area contributed by atoms with Crippen LogP contribution in [0.5, 0.6) is 0 Å². The number of carbonyl (C=O) groups is 1. The van der Waals surface area contributed by atoms with E-state index in [4.69, 9.17) is 0 Å². The van der Waals surface area contributed by atoms with Crippen molar-refractivity contribution in [2.45, 2.75) is 26.3 Å². The molecular weight excluding hydrogens is 485 g/mol. The van der Waals surface area contributed by atoms with Crippen LogP contribution >= 0.6 is 0 Å². The number of nitrogens with zero attached hydrogens (tertiary/aromatic N) is 4. The lowest BCUT2D eigenvalue weighted by Gasteiger charge is -2.32. The number of aromatic carboxylic acids is 1. The third-order valence-electron chi connectivity index (χ3n) is 7.48. The molecule has 9 heteroatoms. The van der Waals surface area contributed by atoms with Gasteiger partial charge in [0.15, 0.2) is 0 Å². The van der Waals surface area contributed by atoms with Gasteiger partial charge in [-0.3, -0.25) is 14.3 Å². The van der Waals surface area contributed by atoms with Crippen LogP contribution in [0.1, 0.15) is 46.6 Å². The van der Waals surface area contributed by atoms with Gasteiger partial charge in [0.1, 0.15) is 11.5 Å². The highest BCUT2D eigenvalue weighted by molar-refractivity contribution is 5.89. The number of fused-ring (bicyclic) bond motifs is 1. The molecule has 0 spiro atoms. The van der Waals surface area contributed by atoms with Crippen LogP contribution in [0.4, 0.5) is 10.1 Å². The Morgan fingerprint density at radius 3 is 2.63 bits per heavy atom. The quantitative estimate of drug-likeness (QED) is 0.385. The van der Waals surface area contributed by atoms with Crippen molar-refractivity contribution in [3.8, 4) is 5.69 Å². The number of aromatic nitrogens is 3. The van der Waals surface area contributed by atoms with Crippen LogP contribution in [-0.2, 0) is 7.05 Å². The number of rotatable bonds is 6. The lowest BCUT2D eigenvalue weighted by atomic mass is 9.93. The average Bonchev–Trinajstić information content (AvgIpc) is 3.24. The first kappa shape index (κ1) is 25.4. The number of carboxylic acids is 1. The standard InChI is InChI=1S/C29H30FN5O3/c1-17-13-20(29(37)38)14-23(30)27(17)19-6-10-34(11-7-19)18(2)25-16-22-24(5-9-32-28(22)33(25)4)35-12-8-21(31-3)15-26(35)36/h5-6,8-9,12-16,18,31H,7,10-11H2,1-4H3,(H,37,38). The molecule has 0 aliphatic carbocycles. The van der Waals surface area contributed by atoms with Gasteiger partial charge in [-0.05, 0) is 61.7 Å². The van der Waals surface area contributed by atoms with Crippen molar-refractivity contribution in [1.29, 1.82) is 0 Å². The second-order valence-corrected chi connectivity index (χ2v) is 9.67. The van der Waals surface area contributed by atoms with E-state index in [0.29, 0.717) is 24.1 Å². The molecule has 0 radical (unpaired) electrons. The molecule has 8 nitrogen and oxygen atoms in total. The number of pyridine rings is 2. The summed E-state index contributed by atoms with van der Waals surface area (Å²) in [5.41, 5.74) is 5.22. The lowest BCUT2D eigenvalue weighted by molar-refractivity contribution is 0.0696. The Morgan fingerprint density at radius 2 is 2.00 bits per heavy atom. The molecule has 1 aliphatic heterocycles. The first-order valence-corrected chi connectivity index (χ1v) is 12.5. The van der Waals surface area contributed by atoms with Gasteiger partial charge in [0, 0.05) is 74.0 Å². The van der Waals surface area contributed by atoms with Gasteiger partial charge in [0.2, 0.25) is 0 Å². The number of anilines is 1. The number of carboxylic acid groups (broad SMARTS) is 1. The first-order chi connectivity index (χ1) is 18.2. The summed E-state index contributed by atoms with van der Waals surface area (Å²) >= 11 is 0. The first-order valence-electron chi connectivity index (χ1n) is 12.5. The van der Waals surface area contributed by atoms with Crippen LogP contribution in [0.15, 0.2) is 59.7 Å². The molecule has 1 atom stereocenters. The highest BCUT2D eigenvalue weighted by Crippen LogP contribution is 2.34. The zero-order valence-corrected chi connectivity index (χ0v) is 21.8. The molecule has 0 saturated heterocycles. The number of nitrogens with one attached hydrogen (secondary N) is 1. The predicted octanol–water partition coefficient (Wildman–Crippen LogP) is 4.76. The van der Waals surface area contributed by atoms with Gasteiger partial charge in [-0.15, -0.1) is 0 Å². The van der Waals surface area contributed by atoms with Crippen molar-refractivity contribution < 1.29 is 14.3 Å². The highest BCUT2D eigenvalue weighted by Gasteiger charge is 2.25. The van der Waals surface area contributed by atoms with E-state index in [1.54, 1.807) is 37.0 Å². The maximum Gasteiger partial charge on any atom is 0.335 e. The Balaban J connectivity index is 1.45. The van der Waals surface area contributed by atoms with E-state index in [2.05, 4.69) is 32.8 Å². The summed E-state index contributed by atoms with van der Waals surface area (Å²) in [4.78, 5) is 31.0. The van der Waals surface area contributed by atoms with E-state index in [1.807, 2.05) is 25.3 Å². The summed E-state index contributed by atoms with van der Waals surface area (Å²) in [5, 5.41) is 13.1. The van der Waals surface area contributed by atoms with Crippen molar-refractivity contribution >= 4 is 28.3 Å². The summed E-state index contributed by atoms with van der Waals surface area (Å²) in [5.74, 6) is -1.64. The summed E-state index contributed by atoms with van der Waals surface area (Å²) < 4.78 is 18.5. The Morgan fingerprint density at radius 1 is 1.21 bits per heavy atom. The van der Waals surface area contributed by atoms with E-state index in [9.17, 15) is 19.1 Å². The van der Waals surface area contributed by atoms with Crippen LogP contribution < -0.4 is 10.9 Å². The van der Waals surface area contributed by atoms with Crippen LogP contribution in [0, 0.1) is 12.7 Å². The average molecular weight is 516 g/mol. The van der Waals surface area contributed by atoms with E-state index in [-0.39, 0.29) is 17.2 Å². The molecule has 5 rings (SSSR count). The molecule has 0 amide bonds. The molecule has 196 valence electrons. The van der Waals surface area contributed by atoms with Gasteiger partial charge in [-0.2, -0.15) is 0 Å². The summed E-state index contributed by atoms with van der Waals surface area (Å²) in [6.07, 6.45) is 6.16. The minimum Gasteiger partial charge on any atom is -0.478 e. The Labute approximate surface area is 219 Å². The van der Waals surface area contributed by atoms with Crippen molar-refractivity contribution in [2.24, 2.45) is 7.05 Å². The second kappa shape index (κ2) is 9.90. The SMILES string of the molecule is CNc1ccn(-c2ccnc3c2cc(C(C)N2CC=C(c4c(C)cc(C(=O)O)cc4F)CC2)n3C)c(=O)c1. The van der Waals surface area contributed by atoms with E-state index < -0.39 is 11.8 Å². The van der Waals surface area contributed by atoms with Gasteiger partial charge in [0.25, 0.3) is 5.56 Å². The maximum atomic E-state index is 14.8. The summed E-state index contributed by atoms with van der Waals surface area (Å²) in [7, 11) is 3.76. The Bertz CT molecular complexity index is 1630. The van der Waals surface area contributed by atoms with Crippen molar-refractivity contribution in [3.05, 3.63) is 93.4 Å². The van der Waals surface area contributed by atoms with E-state index >= 15 is 0 Å².